The number of rotatable bonds is 5. The fraction of sp³-hybridized carbons (Fsp3) is 0.455. The predicted molar refractivity (Wildman–Crippen MR) is 114 cm³/mol. The van der Waals surface area contributed by atoms with Gasteiger partial charge >= 0.3 is 0 Å². The van der Waals surface area contributed by atoms with Crippen LogP contribution in [0.3, 0.4) is 0 Å². The van der Waals surface area contributed by atoms with Gasteiger partial charge in [0.15, 0.2) is 0 Å². The number of amides is 1. The number of carbonyl (C=O) groups excluding carboxylic acids is 1. The molecule has 1 aliphatic rings. The molecule has 0 unspecified atom stereocenters. The minimum atomic E-state index is -0.210. The number of aromatic nitrogens is 4. The van der Waals surface area contributed by atoms with Crippen molar-refractivity contribution >= 4 is 17.6 Å². The van der Waals surface area contributed by atoms with Crippen LogP contribution in [0.1, 0.15) is 48.9 Å². The molecule has 1 N–H and O–H groups in total. The molecule has 0 aliphatic heterocycles. The van der Waals surface area contributed by atoms with Gasteiger partial charge in [-0.15, -0.1) is 0 Å². The maximum Gasteiger partial charge on any atom is 0.277 e. The van der Waals surface area contributed by atoms with Crippen LogP contribution in [0.4, 0.5) is 5.95 Å². The molecule has 2 aromatic heterocycles. The van der Waals surface area contributed by atoms with Crippen molar-refractivity contribution in [1.29, 1.82) is 0 Å². The number of anilines is 1. The van der Waals surface area contributed by atoms with Crippen LogP contribution >= 0.6 is 0 Å². The number of aromatic amines is 1. The Morgan fingerprint density at radius 2 is 1.93 bits per heavy atom. The van der Waals surface area contributed by atoms with Crippen molar-refractivity contribution in [3.63, 3.8) is 0 Å². The van der Waals surface area contributed by atoms with Crippen molar-refractivity contribution in [2.45, 2.75) is 52.5 Å². The second-order valence-electron chi connectivity index (χ2n) is 7.88. The lowest BCUT2D eigenvalue weighted by atomic mass is 9.88. The quantitative estimate of drug-likeness (QED) is 0.699. The minimum Gasteiger partial charge on any atom is -0.496 e. The molecule has 0 atom stereocenters. The van der Waals surface area contributed by atoms with Crippen LogP contribution in [0.15, 0.2) is 29.1 Å². The van der Waals surface area contributed by atoms with Gasteiger partial charge in [0.05, 0.1) is 13.7 Å². The number of H-pyrrole nitrogens is 1. The van der Waals surface area contributed by atoms with Gasteiger partial charge in [0.2, 0.25) is 11.9 Å². The number of benzene rings is 1. The number of ether oxygens (including phenoxy) is 1. The molecule has 1 amide bonds. The second-order valence-corrected chi connectivity index (χ2v) is 7.88. The second kappa shape index (κ2) is 8.30. The van der Waals surface area contributed by atoms with E-state index in [0.29, 0.717) is 29.5 Å². The standard InChI is InChI=1S/C22H27N5O3/c1-14-15(2)23-21-24-22(25-27(21)19(14)28)26(20(29)16-9-5-4-6-10-16)13-17-11-7-8-12-18(17)30-3/h7-8,11-12,16H,4-6,9-10,13H2,1-3H3,(H,23,24,25). The minimum absolute atomic E-state index is 0.0150. The average molecular weight is 409 g/mol. The smallest absolute Gasteiger partial charge is 0.277 e. The largest absolute Gasteiger partial charge is 0.496 e. The summed E-state index contributed by atoms with van der Waals surface area (Å²) in [4.78, 5) is 36.7. The zero-order valence-electron chi connectivity index (χ0n) is 17.6. The molecule has 0 spiro atoms. The van der Waals surface area contributed by atoms with Gasteiger partial charge in [-0.2, -0.15) is 9.50 Å². The lowest BCUT2D eigenvalue weighted by molar-refractivity contribution is -0.123. The molecule has 1 aliphatic carbocycles. The van der Waals surface area contributed by atoms with Crippen LogP contribution < -0.4 is 15.2 Å². The SMILES string of the molecule is COc1ccccc1CN(C(=O)C1CCCCC1)c1nc2nc(C)c(C)c(=O)n2[nH]1. The normalized spacial score (nSPS) is 14.8. The van der Waals surface area contributed by atoms with Gasteiger partial charge in [-0.05, 0) is 32.8 Å². The van der Waals surface area contributed by atoms with E-state index in [0.717, 1.165) is 31.2 Å². The molecule has 1 saturated carbocycles. The van der Waals surface area contributed by atoms with Gasteiger partial charge in [0.1, 0.15) is 5.75 Å². The van der Waals surface area contributed by atoms with Gasteiger partial charge in [0.25, 0.3) is 11.3 Å². The first-order valence-electron chi connectivity index (χ1n) is 10.4. The number of para-hydroxylation sites is 1. The number of nitrogens with zero attached hydrogens (tertiary/aromatic N) is 4. The summed E-state index contributed by atoms with van der Waals surface area (Å²) >= 11 is 0. The fourth-order valence-electron chi connectivity index (χ4n) is 4.04. The van der Waals surface area contributed by atoms with E-state index in [4.69, 9.17) is 4.74 Å². The topological polar surface area (TPSA) is 92.6 Å². The zero-order valence-corrected chi connectivity index (χ0v) is 17.6. The molecule has 0 radical (unpaired) electrons. The van der Waals surface area contributed by atoms with Crippen molar-refractivity contribution < 1.29 is 9.53 Å². The molecule has 2 heterocycles. The van der Waals surface area contributed by atoms with Gasteiger partial charge in [-0.1, -0.05) is 37.5 Å². The third kappa shape index (κ3) is 3.69. The summed E-state index contributed by atoms with van der Waals surface area (Å²) in [5.41, 5.74) is 1.85. The molecule has 8 nitrogen and oxygen atoms in total. The van der Waals surface area contributed by atoms with Crippen LogP contribution in [0.5, 0.6) is 5.75 Å². The molecule has 0 saturated heterocycles. The Hall–Kier alpha value is -3.16. The molecular weight excluding hydrogens is 382 g/mol. The lowest BCUT2D eigenvalue weighted by Gasteiger charge is -2.28. The third-order valence-electron chi connectivity index (χ3n) is 5.95. The Morgan fingerprint density at radius 1 is 1.20 bits per heavy atom. The van der Waals surface area contributed by atoms with Crippen molar-refractivity contribution in [2.24, 2.45) is 5.92 Å². The van der Waals surface area contributed by atoms with Crippen LogP contribution in [0, 0.1) is 19.8 Å². The number of hydrogen-bond donors (Lipinski definition) is 1. The van der Waals surface area contributed by atoms with Crippen molar-refractivity contribution in [3.05, 3.63) is 51.4 Å². The van der Waals surface area contributed by atoms with E-state index in [1.54, 1.807) is 25.9 Å². The Bertz CT molecular complexity index is 1130. The molecule has 30 heavy (non-hydrogen) atoms. The molecule has 0 bridgehead atoms. The Morgan fingerprint density at radius 3 is 2.67 bits per heavy atom. The first-order chi connectivity index (χ1) is 14.5. The fourth-order valence-corrected chi connectivity index (χ4v) is 4.04. The maximum absolute atomic E-state index is 13.5. The lowest BCUT2D eigenvalue weighted by Crippen LogP contribution is -2.37. The first kappa shape index (κ1) is 20.1. The molecule has 4 rings (SSSR count). The van der Waals surface area contributed by atoms with Crippen molar-refractivity contribution in [3.8, 4) is 5.75 Å². The summed E-state index contributed by atoms with van der Waals surface area (Å²) in [6.45, 7) is 3.81. The summed E-state index contributed by atoms with van der Waals surface area (Å²) in [5, 5.41) is 3.00. The van der Waals surface area contributed by atoms with Gasteiger partial charge in [0, 0.05) is 22.7 Å². The molecule has 1 aromatic carbocycles. The van der Waals surface area contributed by atoms with E-state index in [9.17, 15) is 9.59 Å². The van der Waals surface area contributed by atoms with E-state index in [1.165, 1.54) is 10.9 Å². The number of aryl methyl sites for hydroxylation is 1. The van der Waals surface area contributed by atoms with E-state index in [-0.39, 0.29) is 23.2 Å². The number of fused-ring (bicyclic) bond motifs is 1. The summed E-state index contributed by atoms with van der Waals surface area (Å²) < 4.78 is 6.79. The number of nitrogens with one attached hydrogen (secondary N) is 1. The Balaban J connectivity index is 1.78. The number of methoxy groups -OCH3 is 1. The molecular formula is C22H27N5O3. The van der Waals surface area contributed by atoms with E-state index in [2.05, 4.69) is 15.1 Å². The number of carbonyl (C=O) groups is 1. The summed E-state index contributed by atoms with van der Waals surface area (Å²) in [7, 11) is 1.61. The van der Waals surface area contributed by atoms with E-state index < -0.39 is 0 Å². The highest BCUT2D eigenvalue weighted by Crippen LogP contribution is 2.29. The van der Waals surface area contributed by atoms with Crippen molar-refractivity contribution in [1.82, 2.24) is 19.6 Å². The third-order valence-corrected chi connectivity index (χ3v) is 5.95. The predicted octanol–water partition coefficient (Wildman–Crippen LogP) is 3.16. The monoisotopic (exact) mass is 409 g/mol. The van der Waals surface area contributed by atoms with Gasteiger partial charge < -0.3 is 4.74 Å². The summed E-state index contributed by atoms with van der Waals surface area (Å²) in [5.74, 6) is 1.26. The number of hydrogen-bond acceptors (Lipinski definition) is 5. The van der Waals surface area contributed by atoms with E-state index >= 15 is 0 Å². The van der Waals surface area contributed by atoms with Crippen LogP contribution in [0.25, 0.3) is 5.78 Å². The molecule has 8 heteroatoms. The highest BCUT2D eigenvalue weighted by molar-refractivity contribution is 5.93. The highest BCUT2D eigenvalue weighted by atomic mass is 16.5. The maximum atomic E-state index is 13.5. The van der Waals surface area contributed by atoms with Crippen LogP contribution in [-0.2, 0) is 11.3 Å². The van der Waals surface area contributed by atoms with Crippen LogP contribution in [-0.4, -0.2) is 32.6 Å². The van der Waals surface area contributed by atoms with E-state index in [1.807, 2.05) is 24.3 Å². The summed E-state index contributed by atoms with van der Waals surface area (Å²) in [6.07, 6.45) is 5.02. The molecule has 3 aromatic rings. The van der Waals surface area contributed by atoms with Gasteiger partial charge in [-0.25, -0.2) is 4.98 Å². The van der Waals surface area contributed by atoms with Crippen molar-refractivity contribution in [2.75, 3.05) is 12.0 Å². The highest BCUT2D eigenvalue weighted by Gasteiger charge is 2.30. The zero-order chi connectivity index (χ0) is 21.3. The Labute approximate surface area is 174 Å². The first-order valence-corrected chi connectivity index (χ1v) is 10.4. The summed E-state index contributed by atoms with van der Waals surface area (Å²) in [6, 6.07) is 7.61. The molecule has 1 fully saturated rings. The molecule has 158 valence electrons. The Kier molecular flexibility index (Phi) is 5.57. The van der Waals surface area contributed by atoms with Gasteiger partial charge in [-0.3, -0.25) is 19.6 Å². The van der Waals surface area contributed by atoms with Crippen LogP contribution in [0.2, 0.25) is 0 Å². The average Bonchev–Trinajstić information content (AvgIpc) is 3.20.